The summed E-state index contributed by atoms with van der Waals surface area (Å²) < 4.78 is 3.23. The zero-order valence-corrected chi connectivity index (χ0v) is 18.2. The summed E-state index contributed by atoms with van der Waals surface area (Å²) >= 11 is 0. The molecule has 8 heteroatoms. The first-order chi connectivity index (χ1) is 16.8. The van der Waals surface area contributed by atoms with E-state index in [1.54, 1.807) is 21.8 Å². The average molecular weight is 446 g/mol. The number of para-hydroxylation sites is 2. The number of fused-ring (bicyclic) bond motifs is 4. The van der Waals surface area contributed by atoms with Crippen LogP contribution in [0.5, 0.6) is 0 Å². The maximum absolute atomic E-state index is 13.6. The molecule has 0 amide bonds. The largest absolute Gasteiger partial charge is 0.298 e. The van der Waals surface area contributed by atoms with E-state index in [9.17, 15) is 4.79 Å². The molecule has 6 rings (SSSR count). The van der Waals surface area contributed by atoms with Crippen LogP contribution in [0, 0.1) is 0 Å². The van der Waals surface area contributed by atoms with E-state index in [0.717, 1.165) is 28.6 Å². The molecule has 0 saturated heterocycles. The van der Waals surface area contributed by atoms with E-state index < -0.39 is 0 Å². The lowest BCUT2D eigenvalue weighted by atomic mass is 10.1. The maximum atomic E-state index is 13.6. The van der Waals surface area contributed by atoms with E-state index in [2.05, 4.69) is 27.2 Å². The van der Waals surface area contributed by atoms with Crippen molar-refractivity contribution in [2.45, 2.75) is 13.0 Å². The van der Waals surface area contributed by atoms with Crippen molar-refractivity contribution in [2.75, 3.05) is 0 Å². The van der Waals surface area contributed by atoms with Gasteiger partial charge < -0.3 is 0 Å². The highest BCUT2D eigenvalue weighted by atomic mass is 16.1. The van der Waals surface area contributed by atoms with Crippen LogP contribution in [0.4, 0.5) is 0 Å². The highest BCUT2D eigenvalue weighted by molar-refractivity contribution is 6.04. The van der Waals surface area contributed by atoms with Gasteiger partial charge in [-0.05, 0) is 24.1 Å². The minimum atomic E-state index is -0.154. The molecule has 0 atom stereocenters. The van der Waals surface area contributed by atoms with Crippen molar-refractivity contribution in [2.24, 2.45) is 5.10 Å². The topological polar surface area (TPSA) is 92.1 Å². The molecule has 4 aromatic heterocycles. The average Bonchev–Trinajstić information content (AvgIpc) is 3.20. The molecule has 2 aromatic carbocycles. The van der Waals surface area contributed by atoms with Crippen LogP contribution in [0.3, 0.4) is 0 Å². The Bertz CT molecular complexity index is 1720. The van der Waals surface area contributed by atoms with Gasteiger partial charge in [0.2, 0.25) is 0 Å². The first kappa shape index (κ1) is 19.9. The van der Waals surface area contributed by atoms with E-state index >= 15 is 0 Å². The highest BCUT2D eigenvalue weighted by Gasteiger charge is 2.19. The number of benzene rings is 2. The minimum Gasteiger partial charge on any atom is -0.298 e. The first-order valence-corrected chi connectivity index (χ1v) is 11.0. The van der Waals surface area contributed by atoms with Crippen molar-refractivity contribution in [1.29, 1.82) is 0 Å². The summed E-state index contributed by atoms with van der Waals surface area (Å²) in [6.07, 6.45) is 7.67. The number of aryl methyl sites for hydroxylation is 2. The predicted molar refractivity (Wildman–Crippen MR) is 131 cm³/mol. The monoisotopic (exact) mass is 446 g/mol. The molecule has 0 aliphatic heterocycles. The van der Waals surface area contributed by atoms with E-state index in [-0.39, 0.29) is 5.56 Å². The Morgan fingerprint density at radius 2 is 1.62 bits per heavy atom. The third-order valence-electron chi connectivity index (χ3n) is 5.76. The minimum absolute atomic E-state index is 0.154. The number of rotatable bonds is 5. The molecule has 0 radical (unpaired) electrons. The van der Waals surface area contributed by atoms with Crippen molar-refractivity contribution in [3.63, 3.8) is 0 Å². The Morgan fingerprint density at radius 3 is 2.41 bits per heavy atom. The summed E-state index contributed by atoms with van der Waals surface area (Å²) in [6.45, 7) is 0.517. The Kier molecular flexibility index (Phi) is 4.88. The van der Waals surface area contributed by atoms with Crippen molar-refractivity contribution < 1.29 is 4.98 Å². The second-order valence-corrected chi connectivity index (χ2v) is 7.95. The van der Waals surface area contributed by atoms with Gasteiger partial charge in [0.15, 0.2) is 23.7 Å². The zero-order chi connectivity index (χ0) is 22.9. The molecule has 8 nitrogen and oxygen atoms in total. The van der Waals surface area contributed by atoms with Crippen molar-refractivity contribution in [3.8, 4) is 0 Å². The summed E-state index contributed by atoms with van der Waals surface area (Å²) in [5.74, 6) is 0. The fourth-order valence-electron chi connectivity index (χ4n) is 4.03. The number of H-pyrrole nitrogens is 1. The van der Waals surface area contributed by atoms with Crippen molar-refractivity contribution >= 4 is 39.4 Å². The van der Waals surface area contributed by atoms with Crippen molar-refractivity contribution in [3.05, 3.63) is 107 Å². The third-order valence-corrected chi connectivity index (χ3v) is 5.76. The Hall–Kier alpha value is -4.72. The molecule has 4 heterocycles. The number of nitrogens with zero attached hydrogens (tertiary/aromatic N) is 6. The fraction of sp³-hybridized carbons (Fsp3) is 0.0769. The van der Waals surface area contributed by atoms with Gasteiger partial charge in [-0.3, -0.25) is 9.36 Å². The quantitative estimate of drug-likeness (QED) is 0.380. The lowest BCUT2D eigenvalue weighted by Crippen LogP contribution is -2.21. The molecule has 0 aliphatic rings. The van der Waals surface area contributed by atoms with Crippen LogP contribution >= 0.6 is 0 Å². The van der Waals surface area contributed by atoms with Crippen LogP contribution in [-0.4, -0.2) is 30.4 Å². The van der Waals surface area contributed by atoms with E-state index in [0.29, 0.717) is 28.7 Å². The molecule has 0 saturated carbocycles. The summed E-state index contributed by atoms with van der Waals surface area (Å²) in [6, 6.07) is 21.5. The number of hydrogen-bond acceptors (Lipinski definition) is 5. The van der Waals surface area contributed by atoms with Gasteiger partial charge in [0.05, 0.1) is 23.6 Å². The molecule has 0 unspecified atom stereocenters. The first-order valence-electron chi connectivity index (χ1n) is 11.0. The number of hydrogen-bond donors (Lipinski definition) is 0. The maximum Gasteiger partial charge on any atom is 0.265 e. The van der Waals surface area contributed by atoms with Gasteiger partial charge in [-0.25, -0.2) is 19.9 Å². The predicted octanol–water partition coefficient (Wildman–Crippen LogP) is 3.23. The molecule has 1 N–H and O–H groups in total. The number of pyridine rings is 1. The summed E-state index contributed by atoms with van der Waals surface area (Å²) in [5, 5.41) is 5.05. The van der Waals surface area contributed by atoms with Crippen LogP contribution in [0.2, 0.25) is 0 Å². The van der Waals surface area contributed by atoms with Gasteiger partial charge in [0.1, 0.15) is 10.9 Å². The van der Waals surface area contributed by atoms with Crippen LogP contribution in [0.25, 0.3) is 33.2 Å². The van der Waals surface area contributed by atoms with Crippen LogP contribution in [0.15, 0.2) is 95.3 Å². The third kappa shape index (κ3) is 3.51. The molecular weight excluding hydrogens is 426 g/mol. The SMILES string of the molecule is O=c1c2c3nc4ccccc4nc3n(/N=C/c3cc[nH+]cc3)c2ncn1CCc1ccccc1. The van der Waals surface area contributed by atoms with Crippen LogP contribution in [0.1, 0.15) is 11.1 Å². The zero-order valence-electron chi connectivity index (χ0n) is 18.2. The Balaban J connectivity index is 1.55. The second kappa shape index (κ2) is 8.32. The van der Waals surface area contributed by atoms with E-state index in [1.165, 1.54) is 0 Å². The fourth-order valence-corrected chi connectivity index (χ4v) is 4.03. The van der Waals surface area contributed by atoms with Crippen LogP contribution < -0.4 is 10.5 Å². The summed E-state index contributed by atoms with van der Waals surface area (Å²) in [7, 11) is 0. The molecule has 0 aliphatic carbocycles. The van der Waals surface area contributed by atoms with Gasteiger partial charge in [-0.1, -0.05) is 42.5 Å². The smallest absolute Gasteiger partial charge is 0.265 e. The number of nitrogens with one attached hydrogen (secondary N) is 1. The van der Waals surface area contributed by atoms with Gasteiger partial charge >= 0.3 is 0 Å². The standard InChI is InChI=1S/C26H19N7O/c34-26-22-23-25(31-21-9-5-4-8-20(21)30-23)33(29-16-19-10-13-27-14-11-19)24(22)28-17-32(26)15-12-18-6-2-1-3-7-18/h1-11,13-14,16-17H,12,15H2/p+1/b29-16+. The Morgan fingerprint density at radius 1 is 0.882 bits per heavy atom. The van der Waals surface area contributed by atoms with Gasteiger partial charge in [-0.15, -0.1) is 0 Å². The summed E-state index contributed by atoms with van der Waals surface area (Å²) in [4.78, 5) is 30.8. The highest BCUT2D eigenvalue weighted by Crippen LogP contribution is 2.24. The number of aromatic nitrogens is 6. The Labute approximate surface area is 193 Å². The molecule has 164 valence electrons. The molecule has 0 spiro atoms. The van der Waals surface area contributed by atoms with E-state index in [4.69, 9.17) is 9.97 Å². The van der Waals surface area contributed by atoms with Gasteiger partial charge in [0, 0.05) is 24.2 Å². The lowest BCUT2D eigenvalue weighted by Gasteiger charge is -2.05. The molecule has 0 fully saturated rings. The molecular formula is C26H20N7O+. The van der Waals surface area contributed by atoms with E-state index in [1.807, 2.05) is 67.0 Å². The summed E-state index contributed by atoms with van der Waals surface area (Å²) in [5.41, 5.74) is 4.79. The molecule has 34 heavy (non-hydrogen) atoms. The van der Waals surface area contributed by atoms with Crippen molar-refractivity contribution in [1.82, 2.24) is 24.2 Å². The normalized spacial score (nSPS) is 11.8. The van der Waals surface area contributed by atoms with Gasteiger partial charge in [-0.2, -0.15) is 9.78 Å². The number of aromatic amines is 1. The lowest BCUT2D eigenvalue weighted by molar-refractivity contribution is -0.378. The van der Waals surface area contributed by atoms with Crippen LogP contribution in [-0.2, 0) is 13.0 Å². The molecule has 0 bridgehead atoms. The molecule has 6 aromatic rings. The van der Waals surface area contributed by atoms with Gasteiger partial charge in [0.25, 0.3) is 5.56 Å². The second-order valence-electron chi connectivity index (χ2n) is 7.95.